The molecule has 5 heteroatoms. The van der Waals surface area contributed by atoms with E-state index in [1.807, 2.05) is 24.4 Å². The van der Waals surface area contributed by atoms with Crippen LogP contribution < -0.4 is 11.1 Å². The van der Waals surface area contributed by atoms with Gasteiger partial charge in [0.1, 0.15) is 0 Å². The zero-order valence-electron chi connectivity index (χ0n) is 10.6. The van der Waals surface area contributed by atoms with Crippen LogP contribution in [0, 0.1) is 0 Å². The van der Waals surface area contributed by atoms with Gasteiger partial charge in [-0.15, -0.1) is 23.7 Å². The van der Waals surface area contributed by atoms with Crippen molar-refractivity contribution in [2.24, 2.45) is 5.73 Å². The predicted molar refractivity (Wildman–Crippen MR) is 78.1 cm³/mol. The molecule has 0 radical (unpaired) electrons. The summed E-state index contributed by atoms with van der Waals surface area (Å²) in [7, 11) is 0. The molecule has 0 aromatic carbocycles. The molecule has 0 spiro atoms. The van der Waals surface area contributed by atoms with Gasteiger partial charge in [0.05, 0.1) is 11.6 Å². The minimum Gasteiger partial charge on any atom is -0.347 e. The Morgan fingerprint density at radius 1 is 1.44 bits per heavy atom. The van der Waals surface area contributed by atoms with E-state index in [1.54, 1.807) is 11.3 Å². The normalized spacial score (nSPS) is 19.7. The number of hydrogen-bond acceptors (Lipinski definition) is 3. The fraction of sp³-hybridized carbons (Fsp3) is 0.615. The predicted octanol–water partition coefficient (Wildman–Crippen LogP) is 3.01. The third kappa shape index (κ3) is 3.46. The summed E-state index contributed by atoms with van der Waals surface area (Å²) in [4.78, 5) is 13.4. The Morgan fingerprint density at radius 2 is 2.11 bits per heavy atom. The fourth-order valence-corrected chi connectivity index (χ4v) is 3.09. The van der Waals surface area contributed by atoms with E-state index in [0.717, 1.165) is 25.7 Å². The molecular weight excluding hydrogens is 268 g/mol. The van der Waals surface area contributed by atoms with Crippen molar-refractivity contribution in [3.8, 4) is 0 Å². The number of thiophene rings is 1. The lowest BCUT2D eigenvalue weighted by atomic mass is 9.82. The van der Waals surface area contributed by atoms with Crippen LogP contribution in [0.25, 0.3) is 0 Å². The van der Waals surface area contributed by atoms with Gasteiger partial charge in [0.25, 0.3) is 0 Å². The molecule has 3 nitrogen and oxygen atoms in total. The lowest BCUT2D eigenvalue weighted by Gasteiger charge is -2.32. The molecule has 3 N–H and O–H groups in total. The highest BCUT2D eigenvalue weighted by atomic mass is 35.5. The summed E-state index contributed by atoms with van der Waals surface area (Å²) >= 11 is 1.66. The van der Waals surface area contributed by atoms with Crippen LogP contribution in [-0.2, 0) is 4.79 Å². The molecule has 0 saturated heterocycles. The van der Waals surface area contributed by atoms with E-state index >= 15 is 0 Å². The van der Waals surface area contributed by atoms with Crippen LogP contribution in [0.3, 0.4) is 0 Å². The maximum absolute atomic E-state index is 12.2. The maximum Gasteiger partial charge on any atom is 0.240 e. The highest BCUT2D eigenvalue weighted by molar-refractivity contribution is 7.10. The van der Waals surface area contributed by atoms with Crippen LogP contribution in [0.15, 0.2) is 17.5 Å². The second kappa shape index (κ2) is 6.55. The van der Waals surface area contributed by atoms with Crippen molar-refractivity contribution in [2.75, 3.05) is 0 Å². The summed E-state index contributed by atoms with van der Waals surface area (Å²) in [5, 5.41) is 5.06. The van der Waals surface area contributed by atoms with Crippen molar-refractivity contribution in [2.45, 2.75) is 50.6 Å². The number of halogens is 1. The molecule has 1 amide bonds. The average molecular weight is 289 g/mol. The maximum atomic E-state index is 12.2. The molecule has 1 aliphatic carbocycles. The number of carbonyl (C=O) groups excluding carboxylic acids is 1. The minimum absolute atomic E-state index is 0. The molecule has 0 bridgehead atoms. The van der Waals surface area contributed by atoms with Gasteiger partial charge >= 0.3 is 0 Å². The van der Waals surface area contributed by atoms with Gasteiger partial charge in [-0.1, -0.05) is 25.3 Å². The number of hydrogen-bond donors (Lipinski definition) is 2. The van der Waals surface area contributed by atoms with E-state index in [0.29, 0.717) is 0 Å². The second-order valence-corrected chi connectivity index (χ2v) is 5.91. The molecule has 0 aliphatic heterocycles. The third-order valence-corrected chi connectivity index (χ3v) is 4.57. The lowest BCUT2D eigenvalue weighted by molar-refractivity contribution is -0.128. The van der Waals surface area contributed by atoms with Crippen LogP contribution in [0.5, 0.6) is 0 Å². The molecule has 102 valence electrons. The summed E-state index contributed by atoms with van der Waals surface area (Å²) < 4.78 is 0. The van der Waals surface area contributed by atoms with Crippen molar-refractivity contribution in [3.63, 3.8) is 0 Å². The van der Waals surface area contributed by atoms with E-state index in [1.165, 1.54) is 11.3 Å². The van der Waals surface area contributed by atoms with E-state index in [9.17, 15) is 4.79 Å². The summed E-state index contributed by atoms with van der Waals surface area (Å²) in [5.74, 6) is 0.0121. The van der Waals surface area contributed by atoms with Gasteiger partial charge in [0, 0.05) is 4.88 Å². The topological polar surface area (TPSA) is 55.1 Å². The standard InChI is InChI=1S/C13H20N2OS.ClH/c1-10(11-6-5-9-17-11)15-12(16)13(14)7-3-2-4-8-13;/h5-6,9-10H,2-4,7-8,14H2,1H3,(H,15,16);1H. The van der Waals surface area contributed by atoms with Gasteiger partial charge in [-0.05, 0) is 31.2 Å². The first-order chi connectivity index (χ1) is 8.12. The largest absolute Gasteiger partial charge is 0.347 e. The zero-order chi connectivity index (χ0) is 12.3. The van der Waals surface area contributed by atoms with Crippen LogP contribution in [0.4, 0.5) is 0 Å². The summed E-state index contributed by atoms with van der Waals surface area (Å²) in [6.07, 6.45) is 4.97. The summed E-state index contributed by atoms with van der Waals surface area (Å²) in [5.41, 5.74) is 5.56. The van der Waals surface area contributed by atoms with E-state index < -0.39 is 5.54 Å². The molecule has 1 fully saturated rings. The number of rotatable bonds is 3. The number of carbonyl (C=O) groups is 1. The van der Waals surface area contributed by atoms with Crippen LogP contribution in [0.2, 0.25) is 0 Å². The number of nitrogens with one attached hydrogen (secondary N) is 1. The van der Waals surface area contributed by atoms with Gasteiger partial charge in [-0.3, -0.25) is 4.79 Å². The Kier molecular flexibility index (Phi) is 5.63. The molecule has 1 aromatic heterocycles. The van der Waals surface area contributed by atoms with Crippen molar-refractivity contribution in [3.05, 3.63) is 22.4 Å². The molecule has 1 saturated carbocycles. The first-order valence-corrected chi connectivity index (χ1v) is 7.13. The third-order valence-electron chi connectivity index (χ3n) is 3.52. The van der Waals surface area contributed by atoms with Gasteiger partial charge in [0.2, 0.25) is 5.91 Å². The fourth-order valence-electron chi connectivity index (χ4n) is 2.36. The smallest absolute Gasteiger partial charge is 0.240 e. The molecular formula is C13H21ClN2OS. The van der Waals surface area contributed by atoms with Gasteiger partial charge < -0.3 is 11.1 Å². The van der Waals surface area contributed by atoms with Gasteiger partial charge in [-0.2, -0.15) is 0 Å². The van der Waals surface area contributed by atoms with Crippen molar-refractivity contribution >= 4 is 29.7 Å². The Balaban J connectivity index is 0.00000162. The molecule has 2 rings (SSSR count). The van der Waals surface area contributed by atoms with E-state index in [4.69, 9.17) is 5.73 Å². The SMILES string of the molecule is CC(NC(=O)C1(N)CCCCC1)c1cccs1.Cl. The lowest BCUT2D eigenvalue weighted by Crippen LogP contribution is -2.55. The first-order valence-electron chi connectivity index (χ1n) is 6.25. The molecule has 18 heavy (non-hydrogen) atoms. The highest BCUT2D eigenvalue weighted by Gasteiger charge is 2.35. The van der Waals surface area contributed by atoms with Crippen molar-refractivity contribution in [1.82, 2.24) is 5.32 Å². The summed E-state index contributed by atoms with van der Waals surface area (Å²) in [6, 6.07) is 4.10. The molecule has 1 atom stereocenters. The van der Waals surface area contributed by atoms with Crippen LogP contribution in [0.1, 0.15) is 49.9 Å². The molecule has 1 unspecified atom stereocenters. The van der Waals surface area contributed by atoms with Gasteiger partial charge in [-0.25, -0.2) is 0 Å². The highest BCUT2D eigenvalue weighted by Crippen LogP contribution is 2.27. The van der Waals surface area contributed by atoms with Gasteiger partial charge in [0.15, 0.2) is 0 Å². The zero-order valence-corrected chi connectivity index (χ0v) is 12.3. The minimum atomic E-state index is -0.635. The molecule has 1 aliphatic rings. The average Bonchev–Trinajstić information content (AvgIpc) is 2.83. The van der Waals surface area contributed by atoms with Crippen molar-refractivity contribution in [1.29, 1.82) is 0 Å². The second-order valence-electron chi connectivity index (χ2n) is 4.93. The van der Waals surface area contributed by atoms with E-state index in [-0.39, 0.29) is 24.4 Å². The monoisotopic (exact) mass is 288 g/mol. The Hall–Kier alpha value is -0.580. The Morgan fingerprint density at radius 3 is 2.67 bits per heavy atom. The first kappa shape index (κ1) is 15.5. The number of amides is 1. The van der Waals surface area contributed by atoms with E-state index in [2.05, 4.69) is 5.32 Å². The van der Waals surface area contributed by atoms with Crippen LogP contribution >= 0.6 is 23.7 Å². The molecule has 1 aromatic rings. The Bertz CT molecular complexity index is 374. The Labute approximate surface area is 119 Å². The van der Waals surface area contributed by atoms with Crippen molar-refractivity contribution < 1.29 is 4.79 Å². The molecule has 1 heterocycles. The quantitative estimate of drug-likeness (QED) is 0.898. The number of nitrogens with two attached hydrogens (primary N) is 1. The summed E-state index contributed by atoms with van der Waals surface area (Å²) in [6.45, 7) is 2.01. The van der Waals surface area contributed by atoms with Crippen LogP contribution in [-0.4, -0.2) is 11.4 Å².